The van der Waals surface area contributed by atoms with Crippen molar-refractivity contribution in [3.63, 3.8) is 0 Å². The van der Waals surface area contributed by atoms with E-state index >= 15 is 0 Å². The van der Waals surface area contributed by atoms with Gasteiger partial charge >= 0.3 is 0 Å². The van der Waals surface area contributed by atoms with Gasteiger partial charge < -0.3 is 9.32 Å². The molecule has 4 nitrogen and oxygen atoms in total. The van der Waals surface area contributed by atoms with Crippen molar-refractivity contribution in [1.82, 2.24) is 10.2 Å². The van der Waals surface area contributed by atoms with E-state index in [9.17, 15) is 0 Å². The second-order valence-electron chi connectivity index (χ2n) is 33.3. The van der Waals surface area contributed by atoms with E-state index in [1.165, 1.54) is 241 Å². The molecule has 9 aromatic carbocycles. The van der Waals surface area contributed by atoms with E-state index in [1.54, 1.807) is 66.8 Å². The molecular formula is C101H121N3O. The third kappa shape index (κ3) is 16.7. The zero-order chi connectivity index (χ0) is 72.2. The molecule has 1 heterocycles. The lowest BCUT2D eigenvalue weighted by atomic mass is 9.64. The van der Waals surface area contributed by atoms with Crippen LogP contribution in [0.25, 0.3) is 67.4 Å². The normalized spacial score (nSPS) is 16.2. The van der Waals surface area contributed by atoms with Gasteiger partial charge in [-0.15, -0.1) is 10.2 Å². The van der Waals surface area contributed by atoms with Crippen molar-refractivity contribution in [2.24, 2.45) is 0 Å². The Bertz CT molecular complexity index is 4490. The first-order valence-electron chi connectivity index (χ1n) is 42.2. The quantitative estimate of drug-likeness (QED) is 0.0364. The third-order valence-corrected chi connectivity index (χ3v) is 25.1. The van der Waals surface area contributed by atoms with Crippen molar-refractivity contribution in [1.29, 1.82) is 0 Å². The highest BCUT2D eigenvalue weighted by Gasteiger charge is 2.39. The molecule has 10 aromatic rings. The molecule has 0 saturated heterocycles. The van der Waals surface area contributed by atoms with E-state index in [-0.39, 0.29) is 5.41 Å². The Labute approximate surface area is 632 Å². The van der Waals surface area contributed by atoms with Gasteiger partial charge in [0.2, 0.25) is 11.8 Å². The highest BCUT2D eigenvalue weighted by molar-refractivity contribution is 5.88. The second kappa shape index (κ2) is 34.7. The summed E-state index contributed by atoms with van der Waals surface area (Å²) in [5.41, 5.74) is 35.0. The van der Waals surface area contributed by atoms with Crippen LogP contribution in [0.1, 0.15) is 312 Å². The maximum absolute atomic E-state index is 6.64. The maximum Gasteiger partial charge on any atom is 0.248 e. The van der Waals surface area contributed by atoms with E-state index < -0.39 is 0 Å². The molecule has 0 fully saturated rings. The third-order valence-electron chi connectivity index (χ3n) is 25.1. The zero-order valence-corrected chi connectivity index (χ0v) is 65.4. The smallest absolute Gasteiger partial charge is 0.248 e. The summed E-state index contributed by atoms with van der Waals surface area (Å²) in [6.45, 7) is 18.8. The summed E-state index contributed by atoms with van der Waals surface area (Å²) >= 11 is 0. The molecule has 105 heavy (non-hydrogen) atoms. The summed E-state index contributed by atoms with van der Waals surface area (Å²) in [7, 11) is 0. The SMILES string of the molecule is CCCCCCCCC1Cc2cc(-c3ccc(-c4nnc(-c5ccc(C(C)(C)c6cc7c8c(c6)C(CCCCCCCC)Cc6cc(-c9ccc(N(c%10ccccc%10)c%10ccc(C)cc%10)cc9)cc(c6-8)C(CCCCCCCC)C7)cc5)o4)cc3)cc3c2-c2c(cc(C)cc21)CC3CCCCCCCC. The molecule has 0 saturated carbocycles. The number of rotatable bonds is 37. The van der Waals surface area contributed by atoms with E-state index in [0.717, 1.165) is 36.8 Å². The Hall–Kier alpha value is -8.08. The Morgan fingerprint density at radius 3 is 1.10 bits per heavy atom. The minimum Gasteiger partial charge on any atom is -0.416 e. The van der Waals surface area contributed by atoms with E-state index in [4.69, 9.17) is 14.6 Å². The molecule has 4 atom stereocenters. The molecule has 4 aliphatic rings. The summed E-state index contributed by atoms with van der Waals surface area (Å²) in [6, 6.07) is 68.3. The van der Waals surface area contributed by atoms with Gasteiger partial charge in [-0.2, -0.15) is 0 Å². The van der Waals surface area contributed by atoms with Crippen LogP contribution in [0.5, 0.6) is 0 Å². The minimum atomic E-state index is -0.246. The summed E-state index contributed by atoms with van der Waals surface area (Å²) in [5.74, 6) is 3.19. The fourth-order valence-corrected chi connectivity index (χ4v) is 19.1. The lowest BCUT2D eigenvalue weighted by Gasteiger charge is -2.39. The number of hydrogen-bond donors (Lipinski definition) is 0. The average Bonchev–Trinajstić information content (AvgIpc) is 1.04. The van der Waals surface area contributed by atoms with Gasteiger partial charge in [0.15, 0.2) is 0 Å². The zero-order valence-electron chi connectivity index (χ0n) is 65.4. The van der Waals surface area contributed by atoms with Gasteiger partial charge in [-0.25, -0.2) is 0 Å². The molecular weight excluding hydrogens is 1270 g/mol. The number of aryl methyl sites for hydroxylation is 2. The van der Waals surface area contributed by atoms with Crippen molar-refractivity contribution in [2.75, 3.05) is 4.90 Å². The van der Waals surface area contributed by atoms with Crippen LogP contribution in [-0.2, 0) is 31.1 Å². The van der Waals surface area contributed by atoms with Gasteiger partial charge in [0.05, 0.1) is 0 Å². The first kappa shape index (κ1) is 73.8. The Morgan fingerprint density at radius 2 is 0.657 bits per heavy atom. The molecule has 0 bridgehead atoms. The van der Waals surface area contributed by atoms with Gasteiger partial charge in [0.1, 0.15) is 0 Å². The number of unbranched alkanes of at least 4 members (excludes halogenated alkanes) is 20. The van der Waals surface area contributed by atoms with Gasteiger partial charge in [0, 0.05) is 33.6 Å². The van der Waals surface area contributed by atoms with Crippen LogP contribution in [0.4, 0.5) is 17.1 Å². The second-order valence-corrected chi connectivity index (χ2v) is 33.3. The summed E-state index contributed by atoms with van der Waals surface area (Å²) in [6.07, 6.45) is 41.3. The standard InChI is InChI=1S/C101H121N3O/c1-9-13-17-21-25-30-36-76-61-83-64-80(67-92-77(37-31-26-22-18-14-10-2)60-82-58-71(6)59-91(76)95(82)96(83)92)72-44-46-74(47-45-72)99-102-103-100(105-99)75-48-52-86(53-49-75)101(7,8)87-66-85-63-78(38-32-27-23-19-15-11-3)93-68-81(65-84-62-79(39-33-28-24-20-16-12-4)94(69-87)98(85)97(84)93)73-50-56-90(57-51-73)104(88-40-34-29-35-41-88)89-54-42-70(5)43-55-89/h29,34-35,40-59,64-69,76-79H,9-28,30-33,36-39,60-63H2,1-8H3. The topological polar surface area (TPSA) is 42.2 Å². The lowest BCUT2D eigenvalue weighted by Crippen LogP contribution is -2.25. The van der Waals surface area contributed by atoms with Crippen LogP contribution >= 0.6 is 0 Å². The number of nitrogens with zero attached hydrogens (tertiary/aromatic N) is 3. The summed E-state index contributed by atoms with van der Waals surface area (Å²) in [5, 5.41) is 9.44. The van der Waals surface area contributed by atoms with Gasteiger partial charge in [-0.1, -0.05) is 322 Å². The molecule has 0 amide bonds. The predicted octanol–water partition coefficient (Wildman–Crippen LogP) is 30.0. The molecule has 546 valence electrons. The van der Waals surface area contributed by atoms with E-state index in [1.807, 2.05) is 0 Å². The Morgan fingerprint density at radius 1 is 0.314 bits per heavy atom. The van der Waals surface area contributed by atoms with Crippen molar-refractivity contribution in [3.05, 3.63) is 243 Å². The number of benzene rings is 9. The molecule has 0 N–H and O–H groups in total. The Kier molecular flexibility index (Phi) is 24.4. The average molecular weight is 1390 g/mol. The van der Waals surface area contributed by atoms with Gasteiger partial charge in [-0.05, 0) is 250 Å². The monoisotopic (exact) mass is 1390 g/mol. The first-order chi connectivity index (χ1) is 51.5. The molecule has 0 aliphatic heterocycles. The number of hydrogen-bond acceptors (Lipinski definition) is 4. The number of anilines is 3. The minimum absolute atomic E-state index is 0.246. The van der Waals surface area contributed by atoms with Crippen LogP contribution in [0.3, 0.4) is 0 Å². The molecule has 1 aromatic heterocycles. The van der Waals surface area contributed by atoms with Crippen LogP contribution in [0.15, 0.2) is 180 Å². The van der Waals surface area contributed by atoms with Crippen molar-refractivity contribution in [2.45, 2.75) is 290 Å². The predicted molar refractivity (Wildman–Crippen MR) is 447 cm³/mol. The van der Waals surface area contributed by atoms with Crippen LogP contribution < -0.4 is 4.90 Å². The molecule has 14 rings (SSSR count). The summed E-state index contributed by atoms with van der Waals surface area (Å²) < 4.78 is 6.64. The first-order valence-corrected chi connectivity index (χ1v) is 42.2. The highest BCUT2D eigenvalue weighted by Crippen LogP contribution is 2.56. The fraction of sp³-hybridized carbons (Fsp3) is 0.446. The summed E-state index contributed by atoms with van der Waals surface area (Å²) in [4.78, 5) is 2.39. The van der Waals surface area contributed by atoms with Gasteiger partial charge in [0.25, 0.3) is 0 Å². The molecule has 0 spiro atoms. The largest absolute Gasteiger partial charge is 0.416 e. The maximum atomic E-state index is 6.64. The number of para-hydroxylation sites is 1. The van der Waals surface area contributed by atoms with Crippen LogP contribution in [0.2, 0.25) is 0 Å². The molecule has 4 heteroatoms. The van der Waals surface area contributed by atoms with E-state index in [0.29, 0.717) is 35.5 Å². The van der Waals surface area contributed by atoms with E-state index in [2.05, 4.69) is 236 Å². The van der Waals surface area contributed by atoms with Crippen molar-refractivity contribution >= 4 is 17.1 Å². The van der Waals surface area contributed by atoms with Crippen LogP contribution in [-0.4, -0.2) is 10.2 Å². The molecule has 4 aliphatic carbocycles. The van der Waals surface area contributed by atoms with Crippen molar-refractivity contribution < 1.29 is 4.42 Å². The number of aromatic nitrogens is 2. The fourth-order valence-electron chi connectivity index (χ4n) is 19.1. The highest BCUT2D eigenvalue weighted by atomic mass is 16.4. The lowest BCUT2D eigenvalue weighted by molar-refractivity contribution is 0.519. The Balaban J connectivity index is 0.734. The molecule has 0 radical (unpaired) electrons. The van der Waals surface area contributed by atoms with Gasteiger partial charge in [-0.3, -0.25) is 0 Å². The van der Waals surface area contributed by atoms with Crippen molar-refractivity contribution in [3.8, 4) is 67.4 Å². The van der Waals surface area contributed by atoms with Crippen LogP contribution in [0, 0.1) is 13.8 Å². The molecule has 4 unspecified atom stereocenters.